The maximum absolute atomic E-state index is 13.7. The van der Waals surface area contributed by atoms with E-state index >= 15 is 0 Å². The van der Waals surface area contributed by atoms with Crippen LogP contribution in [0.15, 0.2) is 23.1 Å². The number of benzene rings is 1. The molecule has 0 atom stereocenters. The number of nitrogens with zero attached hydrogens (tertiary/aromatic N) is 1. The van der Waals surface area contributed by atoms with Gasteiger partial charge in [0.05, 0.1) is 5.56 Å². The van der Waals surface area contributed by atoms with E-state index in [2.05, 4.69) is 0 Å². The van der Waals surface area contributed by atoms with Gasteiger partial charge >= 0.3 is 5.97 Å². The van der Waals surface area contributed by atoms with Gasteiger partial charge in [-0.15, -0.1) is 0 Å². The summed E-state index contributed by atoms with van der Waals surface area (Å²) in [4.78, 5) is 22.7. The quantitative estimate of drug-likeness (QED) is 0.867. The highest BCUT2D eigenvalue weighted by molar-refractivity contribution is 7.92. The van der Waals surface area contributed by atoms with Gasteiger partial charge in [-0.2, -0.15) is 0 Å². The van der Waals surface area contributed by atoms with E-state index in [0.717, 1.165) is 12.1 Å². The number of amides is 1. The van der Waals surface area contributed by atoms with Crippen LogP contribution in [-0.4, -0.2) is 49.6 Å². The molecule has 0 spiro atoms. The Hall–Kier alpha value is -1.96. The van der Waals surface area contributed by atoms with Crippen molar-refractivity contribution in [3.63, 3.8) is 0 Å². The van der Waals surface area contributed by atoms with Crippen LogP contribution in [0.1, 0.15) is 17.3 Å². The van der Waals surface area contributed by atoms with Gasteiger partial charge in [0, 0.05) is 13.6 Å². The molecule has 20 heavy (non-hydrogen) atoms. The van der Waals surface area contributed by atoms with Crippen molar-refractivity contribution in [1.82, 2.24) is 4.90 Å². The highest BCUT2D eigenvalue weighted by Crippen LogP contribution is 2.18. The molecule has 0 aliphatic rings. The van der Waals surface area contributed by atoms with E-state index in [1.165, 1.54) is 11.9 Å². The van der Waals surface area contributed by atoms with Crippen molar-refractivity contribution in [2.24, 2.45) is 0 Å². The number of aromatic carboxylic acids is 1. The standard InChI is InChI=1S/C12H14FNO5S/c1-3-14(2)11(15)7-20(18,19)10-5-4-8(12(16)17)6-9(10)13/h4-6H,3,7H2,1-2H3,(H,16,17). The summed E-state index contributed by atoms with van der Waals surface area (Å²) in [6.45, 7) is 2.00. The Morgan fingerprint density at radius 2 is 1.95 bits per heavy atom. The number of halogens is 1. The summed E-state index contributed by atoms with van der Waals surface area (Å²) >= 11 is 0. The highest BCUT2D eigenvalue weighted by atomic mass is 32.2. The summed E-state index contributed by atoms with van der Waals surface area (Å²) in [7, 11) is -2.71. The lowest BCUT2D eigenvalue weighted by atomic mass is 10.2. The molecule has 1 rings (SSSR count). The summed E-state index contributed by atoms with van der Waals surface area (Å²) in [6.07, 6.45) is 0. The molecule has 8 heteroatoms. The molecular weight excluding hydrogens is 289 g/mol. The minimum Gasteiger partial charge on any atom is -0.478 e. The van der Waals surface area contributed by atoms with E-state index in [1.54, 1.807) is 6.92 Å². The molecule has 1 N–H and O–H groups in total. The molecule has 0 aliphatic heterocycles. The van der Waals surface area contributed by atoms with Crippen LogP contribution < -0.4 is 0 Å². The van der Waals surface area contributed by atoms with E-state index in [0.29, 0.717) is 12.6 Å². The Morgan fingerprint density at radius 1 is 1.35 bits per heavy atom. The number of rotatable bonds is 5. The molecule has 0 saturated carbocycles. The van der Waals surface area contributed by atoms with Gasteiger partial charge < -0.3 is 10.0 Å². The lowest BCUT2D eigenvalue weighted by molar-refractivity contribution is -0.126. The number of sulfone groups is 1. The maximum atomic E-state index is 13.7. The van der Waals surface area contributed by atoms with Crippen LogP contribution >= 0.6 is 0 Å². The van der Waals surface area contributed by atoms with Gasteiger partial charge in [0.25, 0.3) is 0 Å². The van der Waals surface area contributed by atoms with Crippen molar-refractivity contribution >= 4 is 21.7 Å². The largest absolute Gasteiger partial charge is 0.478 e. The van der Waals surface area contributed by atoms with E-state index in [1.807, 2.05) is 0 Å². The zero-order chi connectivity index (χ0) is 15.5. The Kier molecular flexibility index (Phi) is 4.83. The molecular formula is C12H14FNO5S. The Morgan fingerprint density at radius 3 is 2.40 bits per heavy atom. The summed E-state index contributed by atoms with van der Waals surface area (Å²) in [5, 5.41) is 8.68. The molecule has 0 fully saturated rings. The van der Waals surface area contributed by atoms with Gasteiger partial charge in [0.15, 0.2) is 9.84 Å². The molecule has 0 bridgehead atoms. The van der Waals surface area contributed by atoms with Crippen LogP contribution in [-0.2, 0) is 14.6 Å². The molecule has 1 aromatic rings. The van der Waals surface area contributed by atoms with Crippen LogP contribution in [0.2, 0.25) is 0 Å². The average Bonchev–Trinajstić information content (AvgIpc) is 2.36. The predicted octanol–water partition coefficient (Wildman–Crippen LogP) is 0.776. The Balaban J connectivity index is 3.11. The van der Waals surface area contributed by atoms with E-state index in [4.69, 9.17) is 5.11 Å². The first-order chi connectivity index (χ1) is 9.19. The number of hydrogen-bond acceptors (Lipinski definition) is 4. The molecule has 110 valence electrons. The van der Waals surface area contributed by atoms with Crippen molar-refractivity contribution < 1.29 is 27.5 Å². The Labute approximate surface area is 115 Å². The third kappa shape index (κ3) is 3.53. The van der Waals surface area contributed by atoms with Crippen LogP contribution in [0.5, 0.6) is 0 Å². The number of carbonyl (C=O) groups excluding carboxylic acids is 1. The fourth-order valence-electron chi connectivity index (χ4n) is 1.41. The monoisotopic (exact) mass is 303 g/mol. The molecule has 6 nitrogen and oxygen atoms in total. The number of carboxylic acid groups (broad SMARTS) is 1. The number of hydrogen-bond donors (Lipinski definition) is 1. The third-order valence-electron chi connectivity index (χ3n) is 2.73. The van der Waals surface area contributed by atoms with E-state index in [9.17, 15) is 22.4 Å². The molecule has 1 aromatic carbocycles. The molecule has 0 aromatic heterocycles. The number of carbonyl (C=O) groups is 2. The summed E-state index contributed by atoms with van der Waals surface area (Å²) < 4.78 is 37.5. The molecule has 1 amide bonds. The fraction of sp³-hybridized carbons (Fsp3) is 0.333. The van der Waals surface area contributed by atoms with E-state index < -0.39 is 38.2 Å². The smallest absolute Gasteiger partial charge is 0.335 e. The highest BCUT2D eigenvalue weighted by Gasteiger charge is 2.25. The second-order valence-electron chi connectivity index (χ2n) is 4.12. The summed E-state index contributed by atoms with van der Waals surface area (Å²) in [6, 6.07) is 2.45. The van der Waals surface area contributed by atoms with Gasteiger partial charge in [-0.05, 0) is 25.1 Å². The first kappa shape index (κ1) is 16.1. The number of carboxylic acids is 1. The average molecular weight is 303 g/mol. The van der Waals surface area contributed by atoms with Crippen molar-refractivity contribution in [3.8, 4) is 0 Å². The minimum absolute atomic E-state index is 0.328. The first-order valence-electron chi connectivity index (χ1n) is 5.68. The SMILES string of the molecule is CCN(C)C(=O)CS(=O)(=O)c1ccc(C(=O)O)cc1F. The lowest BCUT2D eigenvalue weighted by Crippen LogP contribution is -2.32. The maximum Gasteiger partial charge on any atom is 0.335 e. The summed E-state index contributed by atoms with van der Waals surface area (Å²) in [5.74, 6) is -4.07. The van der Waals surface area contributed by atoms with Crippen molar-refractivity contribution in [2.75, 3.05) is 19.3 Å². The normalized spacial score (nSPS) is 11.2. The van der Waals surface area contributed by atoms with Crippen molar-refractivity contribution in [3.05, 3.63) is 29.6 Å². The van der Waals surface area contributed by atoms with Crippen LogP contribution in [0, 0.1) is 5.82 Å². The zero-order valence-corrected chi connectivity index (χ0v) is 11.8. The van der Waals surface area contributed by atoms with Gasteiger partial charge in [-0.25, -0.2) is 17.6 Å². The van der Waals surface area contributed by atoms with Gasteiger partial charge in [-0.1, -0.05) is 0 Å². The molecule has 0 heterocycles. The summed E-state index contributed by atoms with van der Waals surface area (Å²) in [5.41, 5.74) is -0.363. The van der Waals surface area contributed by atoms with E-state index in [-0.39, 0.29) is 5.56 Å². The van der Waals surface area contributed by atoms with Crippen LogP contribution in [0.3, 0.4) is 0 Å². The first-order valence-corrected chi connectivity index (χ1v) is 7.33. The van der Waals surface area contributed by atoms with Crippen LogP contribution in [0.25, 0.3) is 0 Å². The third-order valence-corrected chi connectivity index (χ3v) is 4.36. The fourth-order valence-corrected chi connectivity index (χ4v) is 2.75. The zero-order valence-electron chi connectivity index (χ0n) is 11.0. The second kappa shape index (κ2) is 6.00. The van der Waals surface area contributed by atoms with Crippen LogP contribution in [0.4, 0.5) is 4.39 Å². The topological polar surface area (TPSA) is 91.8 Å². The lowest BCUT2D eigenvalue weighted by Gasteiger charge is -2.14. The van der Waals surface area contributed by atoms with Gasteiger partial charge in [-0.3, -0.25) is 4.79 Å². The van der Waals surface area contributed by atoms with Gasteiger partial charge in [0.2, 0.25) is 5.91 Å². The van der Waals surface area contributed by atoms with Gasteiger partial charge in [0.1, 0.15) is 16.5 Å². The molecule has 0 saturated heterocycles. The second-order valence-corrected chi connectivity index (χ2v) is 6.08. The molecule has 0 unspecified atom stereocenters. The molecule has 0 aliphatic carbocycles. The van der Waals surface area contributed by atoms with Crippen molar-refractivity contribution in [1.29, 1.82) is 0 Å². The molecule has 0 radical (unpaired) electrons. The van der Waals surface area contributed by atoms with Crippen molar-refractivity contribution in [2.45, 2.75) is 11.8 Å². The predicted molar refractivity (Wildman–Crippen MR) is 68.7 cm³/mol. The minimum atomic E-state index is -4.15. The Bertz CT molecular complexity index is 641.